The lowest BCUT2D eigenvalue weighted by molar-refractivity contribution is 0.1000. The number of aldehydes is 1. The van der Waals surface area contributed by atoms with Gasteiger partial charge in [0, 0.05) is 34.6 Å². The van der Waals surface area contributed by atoms with Gasteiger partial charge in [-0.05, 0) is 42.8 Å². The summed E-state index contributed by atoms with van der Waals surface area (Å²) >= 11 is 0. The zero-order chi connectivity index (χ0) is 15.0. The first-order chi connectivity index (χ1) is 10.1. The number of nitrogens with two attached hydrogens (primary N) is 1. The van der Waals surface area contributed by atoms with E-state index in [1.54, 1.807) is 18.3 Å². The van der Waals surface area contributed by atoms with E-state index < -0.39 is 5.91 Å². The van der Waals surface area contributed by atoms with E-state index in [2.05, 4.69) is 4.98 Å². The molecule has 0 atom stereocenters. The highest BCUT2D eigenvalue weighted by Crippen LogP contribution is 2.23. The number of amides is 1. The summed E-state index contributed by atoms with van der Waals surface area (Å²) in [6, 6.07) is 8.90. The number of rotatable bonds is 3. The topological polar surface area (TPSA) is 78.0 Å². The molecule has 0 spiro atoms. The van der Waals surface area contributed by atoms with Gasteiger partial charge in [-0.1, -0.05) is 0 Å². The third-order valence-corrected chi connectivity index (χ3v) is 3.58. The van der Waals surface area contributed by atoms with Crippen LogP contribution in [0.15, 0.2) is 42.7 Å². The van der Waals surface area contributed by atoms with E-state index in [1.165, 1.54) is 0 Å². The molecule has 5 heteroatoms. The number of benzene rings is 1. The van der Waals surface area contributed by atoms with Crippen LogP contribution in [0.1, 0.15) is 26.3 Å². The number of aromatic nitrogens is 2. The number of fused-ring (bicyclic) bond motifs is 1. The van der Waals surface area contributed by atoms with Crippen molar-refractivity contribution in [2.45, 2.75) is 6.92 Å². The summed E-state index contributed by atoms with van der Waals surface area (Å²) in [5.41, 5.74) is 8.83. The number of aryl methyl sites for hydroxylation is 1. The van der Waals surface area contributed by atoms with Crippen molar-refractivity contribution in [1.82, 2.24) is 9.55 Å². The lowest BCUT2D eigenvalue weighted by atomic mass is 10.1. The summed E-state index contributed by atoms with van der Waals surface area (Å²) < 4.78 is 1.90. The molecule has 2 N–H and O–H groups in total. The van der Waals surface area contributed by atoms with Gasteiger partial charge in [-0.3, -0.25) is 9.59 Å². The summed E-state index contributed by atoms with van der Waals surface area (Å²) in [6.07, 6.45) is 4.26. The Morgan fingerprint density at radius 1 is 1.24 bits per heavy atom. The fourth-order valence-corrected chi connectivity index (χ4v) is 2.34. The molecule has 0 aliphatic carbocycles. The Balaban J connectivity index is 2.15. The molecular formula is C16H13N3O2. The van der Waals surface area contributed by atoms with E-state index in [9.17, 15) is 9.59 Å². The molecule has 1 aromatic carbocycles. The minimum Gasteiger partial charge on any atom is -0.366 e. The van der Waals surface area contributed by atoms with Gasteiger partial charge >= 0.3 is 0 Å². The van der Waals surface area contributed by atoms with Gasteiger partial charge in [-0.25, -0.2) is 4.98 Å². The van der Waals surface area contributed by atoms with Crippen LogP contribution in [0.5, 0.6) is 0 Å². The van der Waals surface area contributed by atoms with Gasteiger partial charge in [0.15, 0.2) is 6.29 Å². The van der Waals surface area contributed by atoms with Crippen LogP contribution < -0.4 is 5.73 Å². The maximum Gasteiger partial charge on any atom is 0.248 e. The third-order valence-electron chi connectivity index (χ3n) is 3.58. The van der Waals surface area contributed by atoms with Crippen molar-refractivity contribution in [3.63, 3.8) is 0 Å². The zero-order valence-corrected chi connectivity index (χ0v) is 11.4. The molecule has 1 amide bonds. The standard InChI is InChI=1S/C16H13N3O2/c1-10-12(9-20)8-18-16-14(10)6-7-19(16)13-4-2-11(3-5-13)15(17)21/h2-9H,1H3,(H2,17,21). The molecule has 21 heavy (non-hydrogen) atoms. The van der Waals surface area contributed by atoms with Crippen molar-refractivity contribution >= 4 is 23.2 Å². The molecule has 0 aliphatic heterocycles. The molecule has 0 radical (unpaired) electrons. The maximum atomic E-state index is 11.1. The first kappa shape index (κ1) is 13.1. The Kier molecular flexibility index (Phi) is 3.02. The van der Waals surface area contributed by atoms with Crippen molar-refractivity contribution in [2.24, 2.45) is 5.73 Å². The van der Waals surface area contributed by atoms with Crippen LogP contribution >= 0.6 is 0 Å². The van der Waals surface area contributed by atoms with Crippen molar-refractivity contribution in [3.8, 4) is 5.69 Å². The molecule has 5 nitrogen and oxygen atoms in total. The molecule has 2 heterocycles. The number of hydrogen-bond acceptors (Lipinski definition) is 3. The van der Waals surface area contributed by atoms with E-state index in [4.69, 9.17) is 5.73 Å². The van der Waals surface area contributed by atoms with Crippen LogP contribution in [0.3, 0.4) is 0 Å². The molecule has 104 valence electrons. The first-order valence-corrected chi connectivity index (χ1v) is 6.44. The molecule has 0 saturated heterocycles. The lowest BCUT2D eigenvalue weighted by Crippen LogP contribution is -2.10. The van der Waals surface area contributed by atoms with Crippen LogP contribution in [0, 0.1) is 6.92 Å². The number of carbonyl (C=O) groups excluding carboxylic acids is 2. The average molecular weight is 279 g/mol. The molecule has 2 aromatic heterocycles. The average Bonchev–Trinajstić information content (AvgIpc) is 2.92. The Hall–Kier alpha value is -2.95. The van der Waals surface area contributed by atoms with E-state index >= 15 is 0 Å². The molecule has 0 unspecified atom stereocenters. The molecule has 3 rings (SSSR count). The quantitative estimate of drug-likeness (QED) is 0.747. The highest BCUT2D eigenvalue weighted by Gasteiger charge is 2.10. The van der Waals surface area contributed by atoms with Gasteiger partial charge in [0.2, 0.25) is 5.91 Å². The van der Waals surface area contributed by atoms with Crippen LogP contribution in [0.4, 0.5) is 0 Å². The highest BCUT2D eigenvalue weighted by molar-refractivity contribution is 5.93. The van der Waals surface area contributed by atoms with Crippen LogP contribution in [0.2, 0.25) is 0 Å². The second kappa shape index (κ2) is 4.86. The normalized spacial score (nSPS) is 10.7. The maximum absolute atomic E-state index is 11.1. The van der Waals surface area contributed by atoms with Gasteiger partial charge in [0.05, 0.1) is 0 Å². The smallest absolute Gasteiger partial charge is 0.248 e. The minimum atomic E-state index is -0.455. The van der Waals surface area contributed by atoms with Gasteiger partial charge in [-0.2, -0.15) is 0 Å². The van der Waals surface area contributed by atoms with Crippen molar-refractivity contribution < 1.29 is 9.59 Å². The third kappa shape index (κ3) is 2.08. The van der Waals surface area contributed by atoms with E-state index in [1.807, 2.05) is 35.9 Å². The van der Waals surface area contributed by atoms with Crippen molar-refractivity contribution in [2.75, 3.05) is 0 Å². The Labute approximate surface area is 121 Å². The van der Waals surface area contributed by atoms with Crippen molar-refractivity contribution in [3.05, 3.63) is 59.4 Å². The van der Waals surface area contributed by atoms with E-state index in [0.717, 1.165) is 28.6 Å². The predicted octanol–water partition coefficient (Wildman–Crippen LogP) is 2.25. The largest absolute Gasteiger partial charge is 0.366 e. The van der Waals surface area contributed by atoms with Gasteiger partial charge in [0.1, 0.15) is 5.65 Å². The SMILES string of the molecule is Cc1c(C=O)cnc2c1ccn2-c1ccc(C(N)=O)cc1. The lowest BCUT2D eigenvalue weighted by Gasteiger charge is -2.06. The summed E-state index contributed by atoms with van der Waals surface area (Å²) in [4.78, 5) is 26.4. The number of carbonyl (C=O) groups is 2. The van der Waals surface area contributed by atoms with E-state index in [-0.39, 0.29) is 0 Å². The Bertz CT molecular complexity index is 848. The van der Waals surface area contributed by atoms with Crippen LogP contribution in [0.25, 0.3) is 16.7 Å². The monoisotopic (exact) mass is 279 g/mol. The molecule has 3 aromatic rings. The Morgan fingerprint density at radius 2 is 1.95 bits per heavy atom. The van der Waals surface area contributed by atoms with Gasteiger partial charge in [0.25, 0.3) is 0 Å². The summed E-state index contributed by atoms with van der Waals surface area (Å²) in [5.74, 6) is -0.455. The zero-order valence-electron chi connectivity index (χ0n) is 11.4. The fraction of sp³-hybridized carbons (Fsp3) is 0.0625. The molecule has 0 saturated carbocycles. The minimum absolute atomic E-state index is 0.455. The molecule has 0 fully saturated rings. The summed E-state index contributed by atoms with van der Waals surface area (Å²) in [7, 11) is 0. The molecule has 0 bridgehead atoms. The van der Waals surface area contributed by atoms with Gasteiger partial charge < -0.3 is 10.3 Å². The fourth-order valence-electron chi connectivity index (χ4n) is 2.34. The number of primary amides is 1. The van der Waals surface area contributed by atoms with E-state index in [0.29, 0.717) is 11.1 Å². The van der Waals surface area contributed by atoms with Crippen molar-refractivity contribution in [1.29, 1.82) is 0 Å². The Morgan fingerprint density at radius 3 is 2.57 bits per heavy atom. The van der Waals surface area contributed by atoms with Crippen LogP contribution in [-0.2, 0) is 0 Å². The molecular weight excluding hydrogens is 266 g/mol. The second-order valence-electron chi connectivity index (χ2n) is 4.79. The second-order valence-corrected chi connectivity index (χ2v) is 4.79. The number of hydrogen-bond donors (Lipinski definition) is 1. The van der Waals surface area contributed by atoms with Gasteiger partial charge in [-0.15, -0.1) is 0 Å². The molecule has 0 aliphatic rings. The summed E-state index contributed by atoms with van der Waals surface area (Å²) in [6.45, 7) is 1.90. The first-order valence-electron chi connectivity index (χ1n) is 6.44. The highest BCUT2D eigenvalue weighted by atomic mass is 16.1. The van der Waals surface area contributed by atoms with Crippen LogP contribution in [-0.4, -0.2) is 21.7 Å². The predicted molar refractivity (Wildman–Crippen MR) is 79.7 cm³/mol. The number of nitrogens with zero attached hydrogens (tertiary/aromatic N) is 2. The summed E-state index contributed by atoms with van der Waals surface area (Å²) in [5, 5.41) is 0.929. The number of pyridine rings is 1.